The van der Waals surface area contributed by atoms with Gasteiger partial charge in [-0.2, -0.15) is 0 Å². The van der Waals surface area contributed by atoms with Gasteiger partial charge in [0.2, 0.25) is 0 Å². The maximum atomic E-state index is 12.1. The summed E-state index contributed by atoms with van der Waals surface area (Å²) in [6, 6.07) is 30.5. The van der Waals surface area contributed by atoms with Crippen LogP contribution in [0.25, 0.3) is 33.4 Å². The number of carbonyl (C=O) groups is 2. The summed E-state index contributed by atoms with van der Waals surface area (Å²) in [5.41, 5.74) is 10.1. The molecule has 0 radical (unpaired) electrons. The van der Waals surface area contributed by atoms with Crippen LogP contribution in [0.15, 0.2) is 109 Å². The minimum Gasteiger partial charge on any atom is -0.493 e. The molecule has 4 aromatic carbocycles. The van der Waals surface area contributed by atoms with Crippen molar-refractivity contribution in [3.8, 4) is 39.1 Å². The van der Waals surface area contributed by atoms with E-state index >= 15 is 0 Å². The van der Waals surface area contributed by atoms with Crippen LogP contribution in [0.2, 0.25) is 0 Å². The van der Waals surface area contributed by atoms with Gasteiger partial charge >= 0.3 is 11.9 Å². The van der Waals surface area contributed by atoms with Gasteiger partial charge in [-0.1, -0.05) is 119 Å². The summed E-state index contributed by atoms with van der Waals surface area (Å²) in [6.07, 6.45) is 9.13. The van der Waals surface area contributed by atoms with Gasteiger partial charge in [-0.15, -0.1) is 0 Å². The van der Waals surface area contributed by atoms with Gasteiger partial charge in [0.05, 0.1) is 33.0 Å². The van der Waals surface area contributed by atoms with Crippen LogP contribution in [0.1, 0.15) is 95.8 Å². The summed E-state index contributed by atoms with van der Waals surface area (Å²) >= 11 is 0. The molecule has 0 amide bonds. The molecule has 0 saturated heterocycles. The summed E-state index contributed by atoms with van der Waals surface area (Å²) < 4.78 is 17.4. The Morgan fingerprint density at radius 1 is 0.552 bits per heavy atom. The summed E-state index contributed by atoms with van der Waals surface area (Å²) in [5.74, 6) is -0.112. The number of unbranched alkanes of at least 4 members (excludes halogenated alkanes) is 2. The molecule has 4 aromatic rings. The number of aryl methyl sites for hydroxylation is 3. The van der Waals surface area contributed by atoms with Gasteiger partial charge in [0, 0.05) is 16.6 Å². The largest absolute Gasteiger partial charge is 0.493 e. The predicted octanol–water partition coefficient (Wildman–Crippen LogP) is 11.1. The number of aliphatic hydroxyl groups is 2. The number of benzene rings is 4. The van der Waals surface area contributed by atoms with E-state index in [1.807, 2.05) is 6.92 Å². The molecule has 0 fully saturated rings. The van der Waals surface area contributed by atoms with E-state index in [0.29, 0.717) is 56.3 Å². The number of hydrogen-bond donors (Lipinski definition) is 2. The van der Waals surface area contributed by atoms with Crippen LogP contribution in [0, 0.1) is 5.41 Å². The molecule has 0 aliphatic heterocycles. The third-order valence-corrected chi connectivity index (χ3v) is 10.7. The Labute approximate surface area is 346 Å². The average Bonchev–Trinajstić information content (AvgIpc) is 3.24. The number of ether oxygens (including phenoxy) is 3. The molecule has 2 N–H and O–H groups in total. The van der Waals surface area contributed by atoms with Crippen molar-refractivity contribution in [3.63, 3.8) is 0 Å². The lowest BCUT2D eigenvalue weighted by atomic mass is 9.82. The minimum absolute atomic E-state index is 0.130. The summed E-state index contributed by atoms with van der Waals surface area (Å²) in [7, 11) is 0. The smallest absolute Gasteiger partial charge is 0.333 e. The van der Waals surface area contributed by atoms with Crippen molar-refractivity contribution in [1.29, 1.82) is 0 Å². The Kier molecular flexibility index (Phi) is 18.5. The molecule has 0 bridgehead atoms. The number of carbonyl (C=O) groups excluding carboxylic acids is 2. The Morgan fingerprint density at radius 2 is 0.983 bits per heavy atom. The fraction of sp³-hybridized carbons (Fsp3) is 0.412. The van der Waals surface area contributed by atoms with Crippen LogP contribution >= 0.6 is 0 Å². The molecule has 0 spiro atoms. The van der Waals surface area contributed by atoms with Crippen molar-refractivity contribution in [3.05, 3.63) is 126 Å². The van der Waals surface area contributed by atoms with E-state index in [1.54, 1.807) is 13.8 Å². The topological polar surface area (TPSA) is 102 Å². The van der Waals surface area contributed by atoms with Gasteiger partial charge in [-0.05, 0) is 127 Å². The normalized spacial score (nSPS) is 11.3. The monoisotopic (exact) mass is 788 g/mol. The first-order chi connectivity index (χ1) is 28.0. The Hall–Kier alpha value is -4.98. The second kappa shape index (κ2) is 23.4. The Balaban J connectivity index is 1.62. The van der Waals surface area contributed by atoms with Crippen molar-refractivity contribution < 1.29 is 34.0 Å². The molecule has 4 rings (SSSR count). The molecule has 0 aliphatic carbocycles. The van der Waals surface area contributed by atoms with Crippen molar-refractivity contribution in [2.45, 2.75) is 98.3 Å². The zero-order chi connectivity index (χ0) is 41.9. The third-order valence-electron chi connectivity index (χ3n) is 10.7. The lowest BCUT2D eigenvalue weighted by Crippen LogP contribution is -2.31. The molecular formula is C51H64O7. The van der Waals surface area contributed by atoms with Gasteiger partial charge in [0.1, 0.15) is 5.75 Å². The first kappa shape index (κ1) is 45.7. The van der Waals surface area contributed by atoms with E-state index in [0.717, 1.165) is 52.0 Å². The van der Waals surface area contributed by atoms with Crippen LogP contribution in [0.3, 0.4) is 0 Å². The van der Waals surface area contributed by atoms with Crippen molar-refractivity contribution >= 4 is 11.9 Å². The molecule has 7 heteroatoms. The van der Waals surface area contributed by atoms with Crippen molar-refractivity contribution in [2.75, 3.05) is 33.0 Å². The molecule has 0 saturated carbocycles. The van der Waals surface area contributed by atoms with E-state index in [1.165, 1.54) is 36.0 Å². The van der Waals surface area contributed by atoms with Crippen molar-refractivity contribution in [1.82, 2.24) is 0 Å². The van der Waals surface area contributed by atoms with Crippen LogP contribution in [-0.2, 0) is 38.3 Å². The lowest BCUT2D eigenvalue weighted by molar-refractivity contribution is -0.139. The van der Waals surface area contributed by atoms with Crippen LogP contribution in [0.5, 0.6) is 5.75 Å². The van der Waals surface area contributed by atoms with Gasteiger partial charge in [-0.25, -0.2) is 9.59 Å². The standard InChI is InChI=1S/C51H64O7/c1-7-9-10-13-39-16-18-40(19-17-39)41-20-22-42(23-21-41)43-24-26-44(27-25-43)47-33-45(14-11-30-57-49(54)37(3)4)48(56-32-29-51(35-52,36-53)28-8-2)46(34-47)15-12-31-58-50(55)38(5)6/h16-27,33-34,52-53H,3,5,7-15,28-32,35-36H2,1-2,4,6H3. The Morgan fingerprint density at radius 3 is 1.38 bits per heavy atom. The zero-order valence-corrected chi connectivity index (χ0v) is 35.2. The molecule has 310 valence electrons. The molecule has 58 heavy (non-hydrogen) atoms. The molecule has 0 aromatic heterocycles. The highest BCUT2D eigenvalue weighted by Crippen LogP contribution is 2.36. The van der Waals surface area contributed by atoms with Gasteiger partial charge in [-0.3, -0.25) is 0 Å². The highest BCUT2D eigenvalue weighted by atomic mass is 16.5. The van der Waals surface area contributed by atoms with Crippen LogP contribution < -0.4 is 4.74 Å². The molecule has 0 aliphatic rings. The maximum Gasteiger partial charge on any atom is 0.333 e. The highest BCUT2D eigenvalue weighted by molar-refractivity contribution is 5.87. The van der Waals surface area contributed by atoms with E-state index in [9.17, 15) is 19.8 Å². The van der Waals surface area contributed by atoms with E-state index in [-0.39, 0.29) is 26.4 Å². The SMILES string of the molecule is C=C(C)C(=O)OCCCc1cc(-c2ccc(-c3ccc(-c4ccc(CCCCC)cc4)cc3)cc2)cc(CCCOC(=O)C(=C)C)c1OCCC(CO)(CO)CCC. The number of esters is 2. The average molecular weight is 789 g/mol. The molecule has 7 nitrogen and oxygen atoms in total. The van der Waals surface area contributed by atoms with Crippen molar-refractivity contribution in [2.24, 2.45) is 5.41 Å². The fourth-order valence-electron chi connectivity index (χ4n) is 7.12. The zero-order valence-electron chi connectivity index (χ0n) is 35.2. The minimum atomic E-state index is -0.635. The summed E-state index contributed by atoms with van der Waals surface area (Å²) in [4.78, 5) is 24.3. The molecule has 0 unspecified atom stereocenters. The molecule has 0 atom stereocenters. The van der Waals surface area contributed by atoms with Gasteiger partial charge in [0.25, 0.3) is 0 Å². The predicted molar refractivity (Wildman–Crippen MR) is 236 cm³/mol. The van der Waals surface area contributed by atoms with E-state index < -0.39 is 17.4 Å². The highest BCUT2D eigenvalue weighted by Gasteiger charge is 2.28. The van der Waals surface area contributed by atoms with Gasteiger partial charge < -0.3 is 24.4 Å². The van der Waals surface area contributed by atoms with Gasteiger partial charge in [0.15, 0.2) is 0 Å². The van der Waals surface area contributed by atoms with Crippen LogP contribution in [-0.4, -0.2) is 55.2 Å². The van der Waals surface area contributed by atoms with E-state index in [2.05, 4.69) is 105 Å². The summed E-state index contributed by atoms with van der Waals surface area (Å²) in [6.45, 7) is 15.4. The number of hydrogen-bond acceptors (Lipinski definition) is 7. The molecule has 0 heterocycles. The summed E-state index contributed by atoms with van der Waals surface area (Å²) in [5, 5.41) is 20.4. The second-order valence-corrected chi connectivity index (χ2v) is 15.6. The van der Waals surface area contributed by atoms with Crippen LogP contribution in [0.4, 0.5) is 0 Å². The first-order valence-electron chi connectivity index (χ1n) is 21.0. The third kappa shape index (κ3) is 13.6. The lowest BCUT2D eigenvalue weighted by Gasteiger charge is -2.30. The molecular weight excluding hydrogens is 725 g/mol. The maximum absolute atomic E-state index is 12.1. The second-order valence-electron chi connectivity index (χ2n) is 15.6. The fourth-order valence-corrected chi connectivity index (χ4v) is 7.12. The number of rotatable bonds is 25. The Bertz CT molecular complexity index is 1860. The number of aliphatic hydroxyl groups excluding tert-OH is 2. The quantitative estimate of drug-likeness (QED) is 0.0392. The first-order valence-corrected chi connectivity index (χ1v) is 21.0. The van der Waals surface area contributed by atoms with E-state index in [4.69, 9.17) is 14.2 Å².